The molecule has 2 aromatic carbocycles. The third kappa shape index (κ3) is 5.12. The van der Waals surface area contributed by atoms with Gasteiger partial charge in [-0.3, -0.25) is 9.59 Å². The normalized spacial score (nSPS) is 14.0. The molecule has 0 bridgehead atoms. The first kappa shape index (κ1) is 25.7. The van der Waals surface area contributed by atoms with Crippen LogP contribution in [0.2, 0.25) is 0 Å². The molecule has 1 amide bonds. The maximum absolute atomic E-state index is 13.4. The number of amides is 1. The number of aromatic hydroxyl groups is 1. The van der Waals surface area contributed by atoms with Gasteiger partial charge in [-0.2, -0.15) is 5.10 Å². The van der Waals surface area contributed by atoms with Crippen molar-refractivity contribution in [2.45, 2.75) is 26.1 Å². The zero-order chi connectivity index (χ0) is 28.1. The van der Waals surface area contributed by atoms with Crippen molar-refractivity contribution >= 4 is 22.6 Å². The summed E-state index contributed by atoms with van der Waals surface area (Å²) in [5, 5.41) is 14.1. The molecule has 204 valence electrons. The van der Waals surface area contributed by atoms with Gasteiger partial charge in [-0.1, -0.05) is 0 Å². The summed E-state index contributed by atoms with van der Waals surface area (Å²) in [7, 11) is 0. The fourth-order valence-electron chi connectivity index (χ4n) is 4.02. The van der Waals surface area contributed by atoms with E-state index in [1.54, 1.807) is 6.92 Å². The first-order valence-corrected chi connectivity index (χ1v) is 11.1. The van der Waals surface area contributed by atoms with Gasteiger partial charge in [0.05, 0.1) is 11.8 Å². The summed E-state index contributed by atoms with van der Waals surface area (Å²) in [4.78, 5) is 34.0. The molecule has 1 aliphatic heterocycles. The highest BCUT2D eigenvalue weighted by atomic mass is 19.4. The second-order valence-corrected chi connectivity index (χ2v) is 8.14. The minimum absolute atomic E-state index is 0.0382. The van der Waals surface area contributed by atoms with Gasteiger partial charge < -0.3 is 29.2 Å². The number of nitrogens with zero attached hydrogens (tertiary/aromatic N) is 4. The van der Waals surface area contributed by atoms with Crippen molar-refractivity contribution < 1.29 is 46.1 Å². The standard InChI is InChI=1S/C23H16F5N5O6/c1-2-32(12-3-4-15-16(7-12)39-23(27,28)38-15)17(35)9-33-21(36)20-19(29-10-30-20)18(31-33)11-5-13(34)8-14(6-11)37-22(24,25)26/h3-8,10,34H,2,9H2,1H3,(H,29,30). The lowest BCUT2D eigenvalue weighted by Gasteiger charge is -2.21. The molecule has 11 nitrogen and oxygen atoms in total. The Balaban J connectivity index is 1.51. The Morgan fingerprint density at radius 3 is 2.64 bits per heavy atom. The van der Waals surface area contributed by atoms with Crippen molar-refractivity contribution in [3.63, 3.8) is 0 Å². The summed E-state index contributed by atoms with van der Waals surface area (Å²) in [5.74, 6) is -2.53. The van der Waals surface area contributed by atoms with Gasteiger partial charge >= 0.3 is 12.7 Å². The van der Waals surface area contributed by atoms with Crippen LogP contribution in [0.4, 0.5) is 27.6 Å². The molecule has 0 saturated heterocycles. The molecule has 0 spiro atoms. The molecule has 2 aromatic heterocycles. The number of aromatic nitrogens is 4. The minimum Gasteiger partial charge on any atom is -0.508 e. The number of fused-ring (bicyclic) bond motifs is 2. The minimum atomic E-state index is -5.04. The van der Waals surface area contributed by atoms with Crippen LogP contribution in [0, 0.1) is 0 Å². The molecular formula is C23H16F5N5O6. The number of rotatable bonds is 6. The van der Waals surface area contributed by atoms with Crippen LogP contribution in [0.1, 0.15) is 6.92 Å². The number of ether oxygens (including phenoxy) is 3. The number of likely N-dealkylation sites (N-methyl/N-ethyl adjacent to an activating group) is 1. The molecule has 0 atom stereocenters. The summed E-state index contributed by atoms with van der Waals surface area (Å²) in [6.07, 6.45) is -7.74. The van der Waals surface area contributed by atoms with E-state index in [4.69, 9.17) is 0 Å². The van der Waals surface area contributed by atoms with Gasteiger partial charge in [-0.25, -0.2) is 9.67 Å². The van der Waals surface area contributed by atoms with Crippen molar-refractivity contribution in [1.29, 1.82) is 0 Å². The molecule has 5 rings (SSSR count). The van der Waals surface area contributed by atoms with Gasteiger partial charge in [0.15, 0.2) is 17.0 Å². The van der Waals surface area contributed by atoms with E-state index in [0.717, 1.165) is 29.2 Å². The number of phenols is 1. The maximum Gasteiger partial charge on any atom is 0.586 e. The maximum atomic E-state index is 13.4. The van der Waals surface area contributed by atoms with Crippen molar-refractivity contribution in [3.05, 3.63) is 53.1 Å². The van der Waals surface area contributed by atoms with E-state index in [9.17, 15) is 36.6 Å². The summed E-state index contributed by atoms with van der Waals surface area (Å²) >= 11 is 0. The Morgan fingerprint density at radius 1 is 1.18 bits per heavy atom. The molecule has 0 fully saturated rings. The number of carbonyl (C=O) groups excluding carboxylic acids is 1. The Bertz CT molecular complexity index is 1650. The lowest BCUT2D eigenvalue weighted by atomic mass is 10.1. The lowest BCUT2D eigenvalue weighted by Crippen LogP contribution is -2.37. The number of nitrogens with one attached hydrogen (secondary N) is 1. The van der Waals surface area contributed by atoms with E-state index in [-0.39, 0.29) is 46.0 Å². The number of anilines is 1. The molecular weight excluding hydrogens is 537 g/mol. The Kier molecular flexibility index (Phi) is 6.03. The molecule has 39 heavy (non-hydrogen) atoms. The predicted molar refractivity (Wildman–Crippen MR) is 123 cm³/mol. The fourth-order valence-corrected chi connectivity index (χ4v) is 4.02. The lowest BCUT2D eigenvalue weighted by molar-refractivity contribution is -0.286. The summed E-state index contributed by atoms with van der Waals surface area (Å²) in [6.45, 7) is 1.01. The first-order valence-electron chi connectivity index (χ1n) is 11.1. The number of halogens is 5. The molecule has 0 radical (unpaired) electrons. The van der Waals surface area contributed by atoms with E-state index >= 15 is 0 Å². The van der Waals surface area contributed by atoms with Crippen molar-refractivity contribution in [2.75, 3.05) is 11.4 Å². The molecule has 2 N–H and O–H groups in total. The van der Waals surface area contributed by atoms with E-state index < -0.39 is 42.2 Å². The second kappa shape index (κ2) is 9.14. The number of hydrogen-bond donors (Lipinski definition) is 2. The SMILES string of the molecule is CCN(C(=O)Cn1nc(-c2cc(O)cc(OC(F)(F)F)c2)c2[nH]cnc2c1=O)c1ccc2c(c1)OC(F)(F)O2. The summed E-state index contributed by atoms with van der Waals surface area (Å²) in [6, 6.07) is 6.48. The number of benzene rings is 2. The number of aromatic amines is 1. The monoisotopic (exact) mass is 553 g/mol. The molecule has 4 aromatic rings. The summed E-state index contributed by atoms with van der Waals surface area (Å²) in [5.41, 5.74) is -0.950. The van der Waals surface area contributed by atoms with Crippen LogP contribution in [-0.2, 0) is 11.3 Å². The first-order chi connectivity index (χ1) is 18.3. The van der Waals surface area contributed by atoms with E-state index in [2.05, 4.69) is 29.3 Å². The summed E-state index contributed by atoms with van der Waals surface area (Å²) < 4.78 is 78.5. The van der Waals surface area contributed by atoms with Crippen LogP contribution in [0.3, 0.4) is 0 Å². The molecule has 3 heterocycles. The molecule has 0 saturated carbocycles. The van der Waals surface area contributed by atoms with E-state index in [1.807, 2.05) is 0 Å². The highest BCUT2D eigenvalue weighted by Crippen LogP contribution is 2.43. The Morgan fingerprint density at radius 2 is 1.92 bits per heavy atom. The third-order valence-corrected chi connectivity index (χ3v) is 5.53. The highest BCUT2D eigenvalue weighted by molar-refractivity contribution is 5.94. The number of phenolic OH excluding ortho intramolecular Hbond substituents is 1. The highest BCUT2D eigenvalue weighted by Gasteiger charge is 2.43. The number of H-pyrrole nitrogens is 1. The van der Waals surface area contributed by atoms with Crippen molar-refractivity contribution in [1.82, 2.24) is 19.7 Å². The van der Waals surface area contributed by atoms with Crippen LogP contribution in [0.15, 0.2) is 47.5 Å². The van der Waals surface area contributed by atoms with Gasteiger partial charge in [0.25, 0.3) is 5.56 Å². The number of imidazole rings is 1. The smallest absolute Gasteiger partial charge is 0.508 e. The van der Waals surface area contributed by atoms with Gasteiger partial charge in [0.1, 0.15) is 23.7 Å². The number of carbonyl (C=O) groups is 1. The number of hydrogen-bond acceptors (Lipinski definition) is 8. The zero-order valence-corrected chi connectivity index (χ0v) is 19.6. The Hall–Kier alpha value is -4.89. The van der Waals surface area contributed by atoms with Crippen LogP contribution in [-0.4, -0.2) is 50.0 Å². The van der Waals surface area contributed by atoms with Crippen LogP contribution in [0.5, 0.6) is 23.0 Å². The largest absolute Gasteiger partial charge is 0.586 e. The van der Waals surface area contributed by atoms with Crippen LogP contribution in [0.25, 0.3) is 22.3 Å². The quantitative estimate of drug-likeness (QED) is 0.345. The van der Waals surface area contributed by atoms with Gasteiger partial charge in [0.2, 0.25) is 5.91 Å². The fraction of sp³-hybridized carbons (Fsp3) is 0.217. The molecule has 0 aliphatic carbocycles. The van der Waals surface area contributed by atoms with Crippen molar-refractivity contribution in [2.24, 2.45) is 0 Å². The number of alkyl halides is 5. The zero-order valence-electron chi connectivity index (χ0n) is 19.6. The van der Waals surface area contributed by atoms with Crippen LogP contribution < -0.4 is 24.7 Å². The third-order valence-electron chi connectivity index (χ3n) is 5.53. The molecule has 0 unspecified atom stereocenters. The topological polar surface area (TPSA) is 132 Å². The van der Waals surface area contributed by atoms with Gasteiger partial charge in [0, 0.05) is 29.9 Å². The molecule has 1 aliphatic rings. The van der Waals surface area contributed by atoms with Gasteiger partial charge in [-0.05, 0) is 31.2 Å². The van der Waals surface area contributed by atoms with E-state index in [1.165, 1.54) is 23.1 Å². The van der Waals surface area contributed by atoms with Crippen molar-refractivity contribution in [3.8, 4) is 34.3 Å². The second-order valence-electron chi connectivity index (χ2n) is 8.14. The van der Waals surface area contributed by atoms with Crippen LogP contribution >= 0.6 is 0 Å². The Labute approximate surface area is 214 Å². The molecule has 16 heteroatoms. The van der Waals surface area contributed by atoms with E-state index in [0.29, 0.717) is 0 Å². The predicted octanol–water partition coefficient (Wildman–Crippen LogP) is 3.77. The average molecular weight is 553 g/mol. The van der Waals surface area contributed by atoms with Gasteiger partial charge in [-0.15, -0.1) is 22.0 Å². The average Bonchev–Trinajstić information content (AvgIpc) is 3.43.